The van der Waals surface area contributed by atoms with Gasteiger partial charge in [0.15, 0.2) is 5.78 Å². The van der Waals surface area contributed by atoms with Gasteiger partial charge in [0, 0.05) is 5.56 Å². The van der Waals surface area contributed by atoms with Crippen LogP contribution >= 0.6 is 0 Å². The molecule has 14 heavy (non-hydrogen) atoms. The Balaban J connectivity index is 3.15. The maximum atomic E-state index is 11.4. The van der Waals surface area contributed by atoms with Crippen LogP contribution in [0.4, 0.5) is 0 Å². The van der Waals surface area contributed by atoms with Gasteiger partial charge < -0.3 is 10.8 Å². The Kier molecular flexibility index (Phi) is 2.85. The standard InChI is InChI=1S/C10H10N2O2/c1-6(12)10(14)7-2-3-9(13)8(4-7)5-11/h2-4,6,13H,12H2,1H3. The summed E-state index contributed by atoms with van der Waals surface area (Å²) in [5.41, 5.74) is 5.82. The van der Waals surface area contributed by atoms with Crippen LogP contribution in [0.25, 0.3) is 0 Å². The molecule has 0 aliphatic carbocycles. The molecule has 0 saturated heterocycles. The summed E-state index contributed by atoms with van der Waals surface area (Å²) in [6.45, 7) is 1.57. The van der Waals surface area contributed by atoms with E-state index in [2.05, 4.69) is 0 Å². The Bertz CT molecular complexity index is 405. The molecule has 4 nitrogen and oxygen atoms in total. The summed E-state index contributed by atoms with van der Waals surface area (Å²) in [5.74, 6) is -0.379. The van der Waals surface area contributed by atoms with E-state index in [-0.39, 0.29) is 17.1 Å². The molecular formula is C10H10N2O2. The number of phenolic OH excluding ortho intramolecular Hbond substituents is 1. The summed E-state index contributed by atoms with van der Waals surface area (Å²) in [7, 11) is 0. The summed E-state index contributed by atoms with van der Waals surface area (Å²) < 4.78 is 0. The molecule has 1 atom stereocenters. The van der Waals surface area contributed by atoms with Crippen molar-refractivity contribution in [1.29, 1.82) is 5.26 Å². The zero-order chi connectivity index (χ0) is 10.7. The van der Waals surface area contributed by atoms with E-state index in [0.717, 1.165) is 0 Å². The van der Waals surface area contributed by atoms with E-state index >= 15 is 0 Å². The van der Waals surface area contributed by atoms with Crippen molar-refractivity contribution in [2.45, 2.75) is 13.0 Å². The highest BCUT2D eigenvalue weighted by Crippen LogP contribution is 2.17. The SMILES string of the molecule is CC(N)C(=O)c1ccc(O)c(C#N)c1. The van der Waals surface area contributed by atoms with E-state index in [9.17, 15) is 9.90 Å². The molecular weight excluding hydrogens is 180 g/mol. The molecule has 0 aromatic heterocycles. The van der Waals surface area contributed by atoms with Crippen molar-refractivity contribution in [3.63, 3.8) is 0 Å². The molecule has 4 heteroatoms. The fraction of sp³-hybridized carbons (Fsp3) is 0.200. The third-order valence-corrected chi connectivity index (χ3v) is 1.82. The summed E-state index contributed by atoms with van der Waals surface area (Å²) in [5, 5.41) is 17.8. The van der Waals surface area contributed by atoms with E-state index in [0.29, 0.717) is 5.56 Å². The van der Waals surface area contributed by atoms with E-state index in [1.165, 1.54) is 18.2 Å². The zero-order valence-electron chi connectivity index (χ0n) is 7.69. The first-order valence-electron chi connectivity index (χ1n) is 4.09. The number of Topliss-reactive ketones (excluding diaryl/α,β-unsaturated/α-hetero) is 1. The second kappa shape index (κ2) is 3.90. The van der Waals surface area contributed by atoms with Crippen LogP contribution in [-0.2, 0) is 0 Å². The topological polar surface area (TPSA) is 87.1 Å². The number of rotatable bonds is 2. The molecule has 1 aromatic carbocycles. The van der Waals surface area contributed by atoms with Gasteiger partial charge >= 0.3 is 0 Å². The van der Waals surface area contributed by atoms with Crippen LogP contribution in [0.2, 0.25) is 0 Å². The number of carbonyl (C=O) groups excluding carboxylic acids is 1. The molecule has 0 bridgehead atoms. The molecule has 0 spiro atoms. The molecule has 0 saturated carbocycles. The second-order valence-electron chi connectivity index (χ2n) is 3.00. The smallest absolute Gasteiger partial charge is 0.179 e. The van der Waals surface area contributed by atoms with Crippen LogP contribution in [-0.4, -0.2) is 16.9 Å². The monoisotopic (exact) mass is 190 g/mol. The average Bonchev–Trinajstić information content (AvgIpc) is 2.17. The average molecular weight is 190 g/mol. The fourth-order valence-electron chi connectivity index (χ4n) is 1.04. The Hall–Kier alpha value is -1.86. The molecule has 0 heterocycles. The Morgan fingerprint density at radius 1 is 1.64 bits per heavy atom. The molecule has 0 radical (unpaired) electrons. The molecule has 0 amide bonds. The van der Waals surface area contributed by atoms with Gasteiger partial charge in [-0.3, -0.25) is 4.79 Å². The minimum Gasteiger partial charge on any atom is -0.507 e. The van der Waals surface area contributed by atoms with Crippen LogP contribution in [0.15, 0.2) is 18.2 Å². The first-order valence-corrected chi connectivity index (χ1v) is 4.09. The number of hydrogen-bond donors (Lipinski definition) is 2. The number of nitrogens with zero attached hydrogens (tertiary/aromatic N) is 1. The fourth-order valence-corrected chi connectivity index (χ4v) is 1.04. The van der Waals surface area contributed by atoms with Crippen LogP contribution in [0, 0.1) is 11.3 Å². The van der Waals surface area contributed by atoms with Crippen molar-refractivity contribution in [3.05, 3.63) is 29.3 Å². The van der Waals surface area contributed by atoms with Gasteiger partial charge in [0.1, 0.15) is 11.8 Å². The van der Waals surface area contributed by atoms with Crippen LogP contribution in [0.3, 0.4) is 0 Å². The number of aromatic hydroxyl groups is 1. The van der Waals surface area contributed by atoms with Crippen molar-refractivity contribution >= 4 is 5.78 Å². The van der Waals surface area contributed by atoms with Gasteiger partial charge in [-0.1, -0.05) is 0 Å². The lowest BCUT2D eigenvalue weighted by molar-refractivity contribution is 0.0968. The predicted molar refractivity (Wildman–Crippen MR) is 50.8 cm³/mol. The Labute approximate surface area is 81.6 Å². The van der Waals surface area contributed by atoms with E-state index in [1.54, 1.807) is 13.0 Å². The third-order valence-electron chi connectivity index (χ3n) is 1.82. The quantitative estimate of drug-likeness (QED) is 0.675. The number of nitrogens with two attached hydrogens (primary N) is 1. The number of hydrogen-bond acceptors (Lipinski definition) is 4. The Morgan fingerprint density at radius 2 is 2.29 bits per heavy atom. The van der Waals surface area contributed by atoms with Gasteiger partial charge in [-0.15, -0.1) is 0 Å². The molecule has 3 N–H and O–H groups in total. The highest BCUT2D eigenvalue weighted by Gasteiger charge is 2.12. The number of ketones is 1. The van der Waals surface area contributed by atoms with Gasteiger partial charge in [0.05, 0.1) is 11.6 Å². The minimum atomic E-state index is -0.605. The molecule has 0 fully saturated rings. The summed E-state index contributed by atoms with van der Waals surface area (Å²) in [6.07, 6.45) is 0. The normalized spacial score (nSPS) is 11.8. The van der Waals surface area contributed by atoms with Crippen LogP contribution < -0.4 is 5.73 Å². The van der Waals surface area contributed by atoms with Crippen LogP contribution in [0.1, 0.15) is 22.8 Å². The summed E-state index contributed by atoms with van der Waals surface area (Å²) >= 11 is 0. The first-order chi connectivity index (χ1) is 6.56. The molecule has 1 aromatic rings. The zero-order valence-corrected chi connectivity index (χ0v) is 7.69. The minimum absolute atomic E-state index is 0.0801. The van der Waals surface area contributed by atoms with Crippen molar-refractivity contribution in [2.24, 2.45) is 5.73 Å². The van der Waals surface area contributed by atoms with Gasteiger partial charge in [0.25, 0.3) is 0 Å². The number of nitriles is 1. The van der Waals surface area contributed by atoms with Crippen molar-refractivity contribution in [2.75, 3.05) is 0 Å². The number of benzene rings is 1. The van der Waals surface area contributed by atoms with Crippen molar-refractivity contribution in [1.82, 2.24) is 0 Å². The van der Waals surface area contributed by atoms with Crippen molar-refractivity contribution in [3.8, 4) is 11.8 Å². The molecule has 0 aliphatic heterocycles. The number of phenols is 1. The van der Waals surface area contributed by atoms with Gasteiger partial charge in [-0.2, -0.15) is 5.26 Å². The van der Waals surface area contributed by atoms with E-state index in [4.69, 9.17) is 11.0 Å². The lowest BCUT2D eigenvalue weighted by atomic mass is 10.0. The number of carbonyl (C=O) groups is 1. The largest absolute Gasteiger partial charge is 0.507 e. The third kappa shape index (κ3) is 1.90. The molecule has 72 valence electrons. The first kappa shape index (κ1) is 10.2. The lowest BCUT2D eigenvalue weighted by Crippen LogP contribution is -2.26. The van der Waals surface area contributed by atoms with Gasteiger partial charge in [-0.05, 0) is 25.1 Å². The predicted octanol–water partition coefficient (Wildman–Crippen LogP) is 0.794. The van der Waals surface area contributed by atoms with E-state index < -0.39 is 6.04 Å². The molecule has 0 aliphatic rings. The second-order valence-corrected chi connectivity index (χ2v) is 3.00. The van der Waals surface area contributed by atoms with Gasteiger partial charge in [-0.25, -0.2) is 0 Å². The molecule has 1 rings (SSSR count). The highest BCUT2D eigenvalue weighted by atomic mass is 16.3. The maximum absolute atomic E-state index is 11.4. The maximum Gasteiger partial charge on any atom is 0.179 e. The molecule has 1 unspecified atom stereocenters. The van der Waals surface area contributed by atoms with Gasteiger partial charge in [0.2, 0.25) is 0 Å². The van der Waals surface area contributed by atoms with E-state index in [1.807, 2.05) is 0 Å². The lowest BCUT2D eigenvalue weighted by Gasteiger charge is -2.04. The summed E-state index contributed by atoms with van der Waals surface area (Å²) in [4.78, 5) is 11.4. The highest BCUT2D eigenvalue weighted by molar-refractivity contribution is 6.00. The summed E-state index contributed by atoms with van der Waals surface area (Å²) in [6, 6.07) is 5.28. The van der Waals surface area contributed by atoms with Crippen molar-refractivity contribution < 1.29 is 9.90 Å². The van der Waals surface area contributed by atoms with Crippen LogP contribution in [0.5, 0.6) is 5.75 Å². The Morgan fingerprint density at radius 3 is 2.79 bits per heavy atom.